The van der Waals surface area contributed by atoms with E-state index in [2.05, 4.69) is 12.2 Å². The lowest BCUT2D eigenvalue weighted by atomic mass is 9.79. The summed E-state index contributed by atoms with van der Waals surface area (Å²) < 4.78 is 5.22. The van der Waals surface area contributed by atoms with Crippen molar-refractivity contribution in [1.29, 1.82) is 0 Å². The van der Waals surface area contributed by atoms with Gasteiger partial charge in [-0.3, -0.25) is 4.79 Å². The van der Waals surface area contributed by atoms with Crippen LogP contribution in [-0.4, -0.2) is 35.9 Å². The normalized spacial score (nSPS) is 29.1. The molecule has 0 heterocycles. The average molecular weight is 257 g/mol. The van der Waals surface area contributed by atoms with Crippen molar-refractivity contribution in [3.63, 3.8) is 0 Å². The Hall–Kier alpha value is -0.610. The van der Waals surface area contributed by atoms with Crippen molar-refractivity contribution >= 4 is 5.91 Å². The van der Waals surface area contributed by atoms with Gasteiger partial charge in [-0.2, -0.15) is 0 Å². The molecule has 1 aliphatic rings. The SMILES string of the molecule is COC(C)(C)CC(=O)NCC1(O)CCCC(C)C1. The van der Waals surface area contributed by atoms with Gasteiger partial charge in [-0.15, -0.1) is 0 Å². The zero-order valence-electron chi connectivity index (χ0n) is 12.1. The quantitative estimate of drug-likeness (QED) is 0.790. The standard InChI is InChI=1S/C14H27NO3/c1-11-6-5-7-14(17,8-11)10-15-12(16)9-13(2,3)18-4/h11,17H,5-10H2,1-4H3,(H,15,16). The lowest BCUT2D eigenvalue weighted by molar-refractivity contribution is -0.128. The van der Waals surface area contributed by atoms with Gasteiger partial charge in [0.2, 0.25) is 5.91 Å². The molecule has 18 heavy (non-hydrogen) atoms. The van der Waals surface area contributed by atoms with E-state index < -0.39 is 11.2 Å². The molecule has 2 N–H and O–H groups in total. The summed E-state index contributed by atoms with van der Waals surface area (Å²) in [6.45, 7) is 6.27. The van der Waals surface area contributed by atoms with E-state index in [0.29, 0.717) is 18.9 Å². The minimum absolute atomic E-state index is 0.0616. The highest BCUT2D eigenvalue weighted by Crippen LogP contribution is 2.31. The molecule has 0 aromatic carbocycles. The average Bonchev–Trinajstić information content (AvgIpc) is 2.26. The van der Waals surface area contributed by atoms with Crippen molar-refractivity contribution in [2.75, 3.05) is 13.7 Å². The van der Waals surface area contributed by atoms with Crippen LogP contribution in [0.15, 0.2) is 0 Å². The molecule has 2 unspecified atom stereocenters. The Morgan fingerprint density at radius 3 is 2.78 bits per heavy atom. The van der Waals surface area contributed by atoms with Gasteiger partial charge in [-0.1, -0.05) is 19.8 Å². The molecule has 4 heteroatoms. The Morgan fingerprint density at radius 2 is 2.22 bits per heavy atom. The van der Waals surface area contributed by atoms with Crippen molar-refractivity contribution in [2.24, 2.45) is 5.92 Å². The number of amides is 1. The first-order chi connectivity index (χ1) is 8.26. The van der Waals surface area contributed by atoms with Crippen LogP contribution < -0.4 is 5.32 Å². The molecule has 0 saturated heterocycles. The van der Waals surface area contributed by atoms with E-state index in [0.717, 1.165) is 19.3 Å². The molecule has 0 aliphatic heterocycles. The first kappa shape index (κ1) is 15.4. The molecule has 0 bridgehead atoms. The van der Waals surface area contributed by atoms with Crippen LogP contribution in [0.4, 0.5) is 0 Å². The zero-order valence-corrected chi connectivity index (χ0v) is 12.1. The number of aliphatic hydroxyl groups is 1. The number of hydrogen-bond donors (Lipinski definition) is 2. The third-order valence-electron chi connectivity index (χ3n) is 3.82. The fourth-order valence-corrected chi connectivity index (χ4v) is 2.58. The summed E-state index contributed by atoms with van der Waals surface area (Å²) in [5, 5.41) is 13.2. The highest BCUT2D eigenvalue weighted by molar-refractivity contribution is 5.77. The van der Waals surface area contributed by atoms with Gasteiger partial charge in [0.05, 0.1) is 17.6 Å². The molecule has 1 fully saturated rings. The van der Waals surface area contributed by atoms with Gasteiger partial charge in [0.15, 0.2) is 0 Å². The van der Waals surface area contributed by atoms with Crippen molar-refractivity contribution in [1.82, 2.24) is 5.32 Å². The number of ether oxygens (including phenoxy) is 1. The van der Waals surface area contributed by atoms with Crippen molar-refractivity contribution < 1.29 is 14.6 Å². The van der Waals surface area contributed by atoms with Crippen molar-refractivity contribution in [2.45, 2.75) is 64.1 Å². The van der Waals surface area contributed by atoms with Gasteiger partial charge in [0.1, 0.15) is 0 Å². The largest absolute Gasteiger partial charge is 0.388 e. The van der Waals surface area contributed by atoms with Crippen LogP contribution in [-0.2, 0) is 9.53 Å². The summed E-state index contributed by atoms with van der Waals surface area (Å²) >= 11 is 0. The minimum Gasteiger partial charge on any atom is -0.388 e. The molecule has 1 amide bonds. The van der Waals surface area contributed by atoms with Gasteiger partial charge in [-0.25, -0.2) is 0 Å². The Morgan fingerprint density at radius 1 is 1.56 bits per heavy atom. The zero-order chi connectivity index (χ0) is 13.8. The second kappa shape index (κ2) is 6.02. The number of rotatable bonds is 5. The maximum Gasteiger partial charge on any atom is 0.222 e. The molecule has 0 aromatic rings. The predicted molar refractivity (Wildman–Crippen MR) is 71.3 cm³/mol. The lowest BCUT2D eigenvalue weighted by Crippen LogP contribution is -2.47. The molecule has 0 aromatic heterocycles. The first-order valence-corrected chi connectivity index (χ1v) is 6.81. The lowest BCUT2D eigenvalue weighted by Gasteiger charge is -2.35. The predicted octanol–water partition coefficient (Wildman–Crippen LogP) is 1.86. The molecule has 0 radical (unpaired) electrons. The molecule has 2 atom stereocenters. The molecule has 1 aliphatic carbocycles. The molecule has 4 nitrogen and oxygen atoms in total. The van der Waals surface area contributed by atoms with Crippen LogP contribution in [0.1, 0.15) is 52.9 Å². The highest BCUT2D eigenvalue weighted by Gasteiger charge is 2.33. The second-order valence-electron chi connectivity index (χ2n) is 6.34. The van der Waals surface area contributed by atoms with Gasteiger partial charge < -0.3 is 15.2 Å². The number of hydrogen-bond acceptors (Lipinski definition) is 3. The Labute approximate surface area is 110 Å². The molecule has 106 valence electrons. The third-order valence-corrected chi connectivity index (χ3v) is 3.82. The summed E-state index contributed by atoms with van der Waals surface area (Å²) in [4.78, 5) is 11.8. The van der Waals surface area contributed by atoms with Crippen LogP contribution in [0.5, 0.6) is 0 Å². The van der Waals surface area contributed by atoms with Crippen LogP contribution >= 0.6 is 0 Å². The highest BCUT2D eigenvalue weighted by atomic mass is 16.5. The Kier molecular flexibility index (Phi) is 5.17. The fraction of sp³-hybridized carbons (Fsp3) is 0.929. The van der Waals surface area contributed by atoms with E-state index in [4.69, 9.17) is 4.74 Å². The van der Waals surface area contributed by atoms with Gasteiger partial charge in [0.25, 0.3) is 0 Å². The molecular weight excluding hydrogens is 230 g/mol. The van der Waals surface area contributed by atoms with Crippen molar-refractivity contribution in [3.05, 3.63) is 0 Å². The number of carbonyl (C=O) groups excluding carboxylic acids is 1. The Bertz CT molecular complexity index is 291. The molecule has 1 saturated carbocycles. The van der Waals surface area contributed by atoms with Crippen LogP contribution in [0.25, 0.3) is 0 Å². The van der Waals surface area contributed by atoms with E-state index in [1.54, 1.807) is 7.11 Å². The van der Waals surface area contributed by atoms with E-state index in [9.17, 15) is 9.90 Å². The van der Waals surface area contributed by atoms with E-state index in [1.807, 2.05) is 13.8 Å². The monoisotopic (exact) mass is 257 g/mol. The van der Waals surface area contributed by atoms with E-state index >= 15 is 0 Å². The maximum atomic E-state index is 11.8. The fourth-order valence-electron chi connectivity index (χ4n) is 2.58. The van der Waals surface area contributed by atoms with Gasteiger partial charge >= 0.3 is 0 Å². The topological polar surface area (TPSA) is 58.6 Å². The first-order valence-electron chi connectivity index (χ1n) is 6.81. The van der Waals surface area contributed by atoms with Gasteiger partial charge in [-0.05, 0) is 32.6 Å². The summed E-state index contributed by atoms with van der Waals surface area (Å²) in [6.07, 6.45) is 4.09. The maximum absolute atomic E-state index is 11.8. The molecule has 1 rings (SSSR count). The number of methoxy groups -OCH3 is 1. The second-order valence-corrected chi connectivity index (χ2v) is 6.34. The van der Waals surface area contributed by atoms with Crippen LogP contribution in [0.2, 0.25) is 0 Å². The van der Waals surface area contributed by atoms with Crippen molar-refractivity contribution in [3.8, 4) is 0 Å². The summed E-state index contributed by atoms with van der Waals surface area (Å²) in [6, 6.07) is 0. The summed E-state index contributed by atoms with van der Waals surface area (Å²) in [5.41, 5.74) is -1.17. The van der Waals surface area contributed by atoms with E-state index in [-0.39, 0.29) is 5.91 Å². The minimum atomic E-state index is -0.718. The summed E-state index contributed by atoms with van der Waals surface area (Å²) in [5.74, 6) is 0.476. The Balaban J connectivity index is 2.38. The smallest absolute Gasteiger partial charge is 0.222 e. The van der Waals surface area contributed by atoms with Crippen LogP contribution in [0.3, 0.4) is 0 Å². The third kappa shape index (κ3) is 4.94. The van der Waals surface area contributed by atoms with E-state index in [1.165, 1.54) is 6.42 Å². The van der Waals surface area contributed by atoms with Gasteiger partial charge in [0, 0.05) is 13.7 Å². The number of nitrogens with one attached hydrogen (secondary N) is 1. The number of carbonyl (C=O) groups is 1. The molecular formula is C14H27NO3. The van der Waals surface area contributed by atoms with Crippen LogP contribution in [0, 0.1) is 5.92 Å². The summed E-state index contributed by atoms with van der Waals surface area (Å²) in [7, 11) is 1.60. The molecule has 0 spiro atoms.